The van der Waals surface area contributed by atoms with Crippen molar-refractivity contribution < 1.29 is 13.2 Å². The van der Waals surface area contributed by atoms with Crippen LogP contribution in [0.25, 0.3) is 88.4 Å². The molecule has 0 unspecified atom stereocenters. The highest BCUT2D eigenvalue weighted by molar-refractivity contribution is 6.13. The average molecular weight is 772 g/mol. The molecule has 0 spiro atoms. The molecule has 3 nitrogen and oxygen atoms in total. The Morgan fingerprint density at radius 3 is 1.39 bits per heavy atom. The molecule has 284 valence electrons. The molecule has 0 N–H and O–H groups in total. The molecule has 0 saturated heterocycles. The van der Waals surface area contributed by atoms with Crippen LogP contribution in [0.1, 0.15) is 27.8 Å². The van der Waals surface area contributed by atoms with E-state index in [0.29, 0.717) is 33.6 Å². The summed E-state index contributed by atoms with van der Waals surface area (Å²) < 4.78 is 47.0. The number of fused-ring (bicyclic) bond motifs is 6. The molecule has 0 amide bonds. The number of nitriles is 1. The monoisotopic (exact) mass is 771 g/mol. The lowest BCUT2D eigenvalue weighted by Gasteiger charge is -2.22. The van der Waals surface area contributed by atoms with E-state index in [0.717, 1.165) is 71.9 Å². The zero-order valence-electron chi connectivity index (χ0n) is 32.6. The van der Waals surface area contributed by atoms with Crippen LogP contribution in [0.3, 0.4) is 0 Å². The number of hydrogen-bond donors (Lipinski definition) is 0. The van der Waals surface area contributed by atoms with Gasteiger partial charge in [0.1, 0.15) is 0 Å². The molecular formula is C53H36F3N3. The molecule has 8 aromatic carbocycles. The maximum absolute atomic E-state index is 14.2. The number of aromatic nitrogens is 2. The predicted molar refractivity (Wildman–Crippen MR) is 235 cm³/mol. The van der Waals surface area contributed by atoms with Crippen molar-refractivity contribution in [3.63, 3.8) is 0 Å². The van der Waals surface area contributed by atoms with E-state index in [1.165, 1.54) is 17.2 Å². The van der Waals surface area contributed by atoms with Crippen LogP contribution < -0.4 is 0 Å². The van der Waals surface area contributed by atoms with Gasteiger partial charge >= 0.3 is 6.18 Å². The van der Waals surface area contributed by atoms with Gasteiger partial charge in [-0.25, -0.2) is 0 Å². The Balaban J connectivity index is 1.33. The minimum absolute atomic E-state index is 0.424. The highest BCUT2D eigenvalue weighted by Gasteiger charge is 2.32. The van der Waals surface area contributed by atoms with E-state index in [9.17, 15) is 18.4 Å². The van der Waals surface area contributed by atoms with Gasteiger partial charge in [0.25, 0.3) is 0 Å². The number of rotatable bonds is 5. The summed E-state index contributed by atoms with van der Waals surface area (Å²) in [5, 5.41) is 14.9. The van der Waals surface area contributed by atoms with Crippen molar-refractivity contribution in [2.75, 3.05) is 0 Å². The molecule has 10 aromatic rings. The Bertz CT molecular complexity index is 3190. The van der Waals surface area contributed by atoms with Crippen molar-refractivity contribution in [3.05, 3.63) is 192 Å². The van der Waals surface area contributed by atoms with Crippen molar-refractivity contribution in [2.24, 2.45) is 0 Å². The SMILES string of the molecule is Cc1cccc(-c2ccc3c(c2)c2ccccc2n3-c2cc(C#N)cc(-n3c4ccccc4c4cc(-c5cccc(C)c5)ccc43)c2-c2ccc(C(F)(F)F)cc2C)c1. The minimum atomic E-state index is -4.51. The Morgan fingerprint density at radius 1 is 0.458 bits per heavy atom. The van der Waals surface area contributed by atoms with Gasteiger partial charge in [-0.05, 0) is 115 Å². The van der Waals surface area contributed by atoms with E-state index in [4.69, 9.17) is 0 Å². The Morgan fingerprint density at radius 2 is 0.932 bits per heavy atom. The molecule has 6 heteroatoms. The van der Waals surface area contributed by atoms with Crippen LogP contribution >= 0.6 is 0 Å². The van der Waals surface area contributed by atoms with Crippen LogP contribution in [0.5, 0.6) is 0 Å². The molecule has 10 rings (SSSR count). The lowest BCUT2D eigenvalue weighted by atomic mass is 9.93. The van der Waals surface area contributed by atoms with Crippen LogP contribution in [0.15, 0.2) is 164 Å². The van der Waals surface area contributed by atoms with E-state index in [-0.39, 0.29) is 0 Å². The van der Waals surface area contributed by atoms with Gasteiger partial charge in [0.2, 0.25) is 0 Å². The maximum atomic E-state index is 14.2. The summed E-state index contributed by atoms with van der Waals surface area (Å²) in [7, 11) is 0. The number of alkyl halides is 3. The fourth-order valence-corrected chi connectivity index (χ4v) is 8.90. The van der Waals surface area contributed by atoms with E-state index >= 15 is 0 Å². The lowest BCUT2D eigenvalue weighted by Crippen LogP contribution is -2.08. The average Bonchev–Trinajstić information content (AvgIpc) is 3.75. The topological polar surface area (TPSA) is 33.6 Å². The summed E-state index contributed by atoms with van der Waals surface area (Å²) in [5.41, 5.74) is 13.3. The lowest BCUT2D eigenvalue weighted by molar-refractivity contribution is -0.137. The fourth-order valence-electron chi connectivity index (χ4n) is 8.90. The molecule has 0 fully saturated rings. The third kappa shape index (κ3) is 5.97. The van der Waals surface area contributed by atoms with Crippen molar-refractivity contribution in [1.82, 2.24) is 9.13 Å². The highest BCUT2D eigenvalue weighted by atomic mass is 19.4. The zero-order chi connectivity index (χ0) is 40.6. The molecule has 0 atom stereocenters. The first-order chi connectivity index (χ1) is 28.6. The van der Waals surface area contributed by atoms with Gasteiger partial charge in [0, 0.05) is 27.1 Å². The summed E-state index contributed by atoms with van der Waals surface area (Å²) in [6.45, 7) is 5.90. The van der Waals surface area contributed by atoms with Gasteiger partial charge < -0.3 is 9.13 Å². The number of aryl methyl sites for hydroxylation is 3. The Hall–Kier alpha value is -7.36. The molecule has 0 aliphatic carbocycles. The molecular weight excluding hydrogens is 736 g/mol. The highest BCUT2D eigenvalue weighted by Crippen LogP contribution is 2.45. The van der Waals surface area contributed by atoms with Gasteiger partial charge in [-0.2, -0.15) is 18.4 Å². The zero-order valence-corrected chi connectivity index (χ0v) is 32.6. The van der Waals surface area contributed by atoms with Crippen LogP contribution in [0, 0.1) is 32.1 Å². The number of hydrogen-bond acceptors (Lipinski definition) is 1. The number of halogens is 3. The standard InChI is InChI=1S/C53H36F3N3/c1-32-10-8-12-36(24-32)38-18-22-48-44(29-38)42-14-4-6-16-46(42)58(48)50-27-35(31-57)28-51(52(50)41-21-20-40(26-34(41)3)53(54,55)56)59-47-17-7-5-15-43(47)45-30-39(19-23-49(45)59)37-13-9-11-33(2)25-37/h4-30H,1-3H3. The molecule has 59 heavy (non-hydrogen) atoms. The summed E-state index contributed by atoms with van der Waals surface area (Å²) in [5.74, 6) is 0. The third-order valence-corrected chi connectivity index (χ3v) is 11.6. The summed E-state index contributed by atoms with van der Waals surface area (Å²) in [6, 6.07) is 56.2. The van der Waals surface area contributed by atoms with Gasteiger partial charge in [0.05, 0.1) is 50.6 Å². The minimum Gasteiger partial charge on any atom is -0.308 e. The molecule has 2 aromatic heterocycles. The molecule has 0 radical (unpaired) electrons. The summed E-state index contributed by atoms with van der Waals surface area (Å²) in [4.78, 5) is 0. The van der Waals surface area contributed by atoms with Gasteiger partial charge in [-0.3, -0.25) is 0 Å². The maximum Gasteiger partial charge on any atom is 0.416 e. The second-order valence-electron chi connectivity index (χ2n) is 15.4. The van der Waals surface area contributed by atoms with Crippen molar-refractivity contribution in [3.8, 4) is 50.8 Å². The first-order valence-electron chi connectivity index (χ1n) is 19.5. The normalized spacial score (nSPS) is 11.9. The number of benzene rings is 8. The third-order valence-electron chi connectivity index (χ3n) is 11.6. The summed E-state index contributed by atoms with van der Waals surface area (Å²) in [6.07, 6.45) is -4.51. The quantitative estimate of drug-likeness (QED) is 0.172. The summed E-state index contributed by atoms with van der Waals surface area (Å²) >= 11 is 0. The second-order valence-corrected chi connectivity index (χ2v) is 15.4. The first-order valence-corrected chi connectivity index (χ1v) is 19.5. The number of nitrogens with zero attached hydrogens (tertiary/aromatic N) is 3. The van der Waals surface area contributed by atoms with E-state index in [1.807, 2.05) is 36.4 Å². The predicted octanol–water partition coefficient (Wildman–Crippen LogP) is 14.7. The molecule has 0 bridgehead atoms. The second kappa shape index (κ2) is 13.6. The molecule has 2 heterocycles. The van der Waals surface area contributed by atoms with Gasteiger partial charge in [-0.15, -0.1) is 0 Å². The van der Waals surface area contributed by atoms with Gasteiger partial charge in [0.15, 0.2) is 0 Å². The number of para-hydroxylation sites is 2. The smallest absolute Gasteiger partial charge is 0.308 e. The van der Waals surface area contributed by atoms with Crippen LogP contribution in [0.2, 0.25) is 0 Å². The van der Waals surface area contributed by atoms with E-state index in [1.54, 1.807) is 13.0 Å². The van der Waals surface area contributed by atoms with Crippen molar-refractivity contribution in [1.29, 1.82) is 5.26 Å². The Labute approximate surface area is 339 Å². The van der Waals surface area contributed by atoms with Crippen LogP contribution in [0.4, 0.5) is 13.2 Å². The van der Waals surface area contributed by atoms with Gasteiger partial charge in [-0.1, -0.05) is 114 Å². The van der Waals surface area contributed by atoms with Crippen LogP contribution in [-0.4, -0.2) is 9.13 Å². The first kappa shape index (κ1) is 36.0. The van der Waals surface area contributed by atoms with Crippen molar-refractivity contribution in [2.45, 2.75) is 26.9 Å². The molecule has 0 aliphatic rings. The fraction of sp³-hybridized carbons (Fsp3) is 0.0755. The largest absolute Gasteiger partial charge is 0.416 e. The Kier molecular flexibility index (Phi) is 8.33. The van der Waals surface area contributed by atoms with E-state index < -0.39 is 11.7 Å². The van der Waals surface area contributed by atoms with Crippen LogP contribution in [-0.2, 0) is 6.18 Å². The molecule has 0 saturated carbocycles. The van der Waals surface area contributed by atoms with Crippen molar-refractivity contribution >= 4 is 43.6 Å². The van der Waals surface area contributed by atoms with E-state index in [2.05, 4.69) is 138 Å². The molecule has 0 aliphatic heterocycles.